The number of rotatable bonds is 7. The van der Waals surface area contributed by atoms with Gasteiger partial charge in [-0.25, -0.2) is 0 Å². The van der Waals surface area contributed by atoms with Crippen molar-refractivity contribution < 1.29 is 19.9 Å². The molecule has 0 amide bonds. The third-order valence-electron chi connectivity index (χ3n) is 4.66. The standard InChI is InChI=1S/C14H28BNO4/c1-10(2)16(3)9-12-5-4-11(6-7-15(19)20)8-13(12)14(17)18/h10-13,19-20H,4-9H2,1-3H3,(H,17,18)/t11?,12?,13-/m0/s1. The normalized spacial score (nSPS) is 27.1. The zero-order valence-corrected chi connectivity index (χ0v) is 12.8. The molecule has 0 saturated heterocycles. The van der Waals surface area contributed by atoms with Crippen LogP contribution >= 0.6 is 0 Å². The Bertz CT molecular complexity index is 312. The van der Waals surface area contributed by atoms with E-state index in [1.54, 1.807) is 0 Å². The van der Waals surface area contributed by atoms with Gasteiger partial charge in [0, 0.05) is 12.6 Å². The van der Waals surface area contributed by atoms with Gasteiger partial charge < -0.3 is 20.1 Å². The van der Waals surface area contributed by atoms with Gasteiger partial charge in [0.1, 0.15) is 0 Å². The SMILES string of the molecule is CC(C)N(C)CC1CCC(CCB(O)O)C[C@@H]1C(=O)O. The molecule has 0 radical (unpaired) electrons. The van der Waals surface area contributed by atoms with Crippen molar-refractivity contribution in [2.24, 2.45) is 17.8 Å². The molecule has 3 N–H and O–H groups in total. The number of aliphatic carboxylic acids is 1. The van der Waals surface area contributed by atoms with E-state index in [9.17, 15) is 9.90 Å². The molecule has 0 bridgehead atoms. The van der Waals surface area contributed by atoms with E-state index < -0.39 is 13.1 Å². The van der Waals surface area contributed by atoms with Crippen LogP contribution < -0.4 is 0 Å². The highest BCUT2D eigenvalue weighted by molar-refractivity contribution is 6.40. The second-order valence-electron chi connectivity index (χ2n) is 6.48. The van der Waals surface area contributed by atoms with Gasteiger partial charge in [0.05, 0.1) is 5.92 Å². The van der Waals surface area contributed by atoms with Crippen LogP contribution in [0.1, 0.15) is 39.5 Å². The van der Waals surface area contributed by atoms with E-state index in [0.29, 0.717) is 31.1 Å². The van der Waals surface area contributed by atoms with Crippen molar-refractivity contribution in [3.05, 3.63) is 0 Å². The predicted octanol–water partition coefficient (Wildman–Crippen LogP) is 1.31. The molecule has 1 fully saturated rings. The summed E-state index contributed by atoms with van der Waals surface area (Å²) in [6.07, 6.45) is 3.62. The summed E-state index contributed by atoms with van der Waals surface area (Å²) in [4.78, 5) is 13.7. The molecule has 1 saturated carbocycles. The average molecular weight is 285 g/mol. The Labute approximate surface area is 122 Å². The van der Waals surface area contributed by atoms with Crippen molar-refractivity contribution in [2.45, 2.75) is 51.9 Å². The molecule has 0 aliphatic heterocycles. The highest BCUT2D eigenvalue weighted by Gasteiger charge is 2.36. The minimum Gasteiger partial charge on any atom is -0.481 e. The van der Waals surface area contributed by atoms with Gasteiger partial charge in [-0.2, -0.15) is 0 Å². The Hall–Kier alpha value is -0.585. The van der Waals surface area contributed by atoms with E-state index in [2.05, 4.69) is 18.7 Å². The monoisotopic (exact) mass is 285 g/mol. The van der Waals surface area contributed by atoms with Crippen molar-refractivity contribution in [3.8, 4) is 0 Å². The minimum atomic E-state index is -1.27. The molecule has 0 aromatic carbocycles. The Morgan fingerprint density at radius 1 is 1.35 bits per heavy atom. The van der Waals surface area contributed by atoms with Gasteiger partial charge in [-0.3, -0.25) is 4.79 Å². The number of hydrogen-bond acceptors (Lipinski definition) is 4. The maximum atomic E-state index is 11.5. The Kier molecular flexibility index (Phi) is 6.99. The van der Waals surface area contributed by atoms with Crippen LogP contribution in [0.2, 0.25) is 6.32 Å². The van der Waals surface area contributed by atoms with Crippen LogP contribution in [0.15, 0.2) is 0 Å². The van der Waals surface area contributed by atoms with Gasteiger partial charge in [-0.1, -0.05) is 12.8 Å². The highest BCUT2D eigenvalue weighted by Crippen LogP contribution is 2.37. The van der Waals surface area contributed by atoms with Gasteiger partial charge in [-0.05, 0) is 51.9 Å². The fourth-order valence-corrected chi connectivity index (χ4v) is 3.07. The van der Waals surface area contributed by atoms with Gasteiger partial charge >= 0.3 is 13.1 Å². The summed E-state index contributed by atoms with van der Waals surface area (Å²) >= 11 is 0. The van der Waals surface area contributed by atoms with Crippen molar-refractivity contribution in [3.63, 3.8) is 0 Å². The molecule has 3 atom stereocenters. The third kappa shape index (κ3) is 5.42. The number of hydrogen-bond donors (Lipinski definition) is 3. The topological polar surface area (TPSA) is 81.0 Å². The largest absolute Gasteiger partial charge is 0.481 e. The summed E-state index contributed by atoms with van der Waals surface area (Å²) in [5.74, 6) is -0.499. The first-order valence-electron chi connectivity index (χ1n) is 7.60. The van der Waals surface area contributed by atoms with Crippen LogP contribution in [0, 0.1) is 17.8 Å². The van der Waals surface area contributed by atoms with E-state index >= 15 is 0 Å². The zero-order valence-electron chi connectivity index (χ0n) is 12.8. The molecule has 5 nitrogen and oxygen atoms in total. The molecular weight excluding hydrogens is 257 g/mol. The second-order valence-corrected chi connectivity index (χ2v) is 6.48. The zero-order chi connectivity index (χ0) is 15.3. The molecule has 1 rings (SSSR count). The molecule has 20 heavy (non-hydrogen) atoms. The first-order chi connectivity index (χ1) is 9.31. The first kappa shape index (κ1) is 17.5. The highest BCUT2D eigenvalue weighted by atomic mass is 16.4. The lowest BCUT2D eigenvalue weighted by atomic mass is 9.70. The van der Waals surface area contributed by atoms with Gasteiger partial charge in [0.15, 0.2) is 0 Å². The van der Waals surface area contributed by atoms with Crippen LogP contribution in [0.25, 0.3) is 0 Å². The smallest absolute Gasteiger partial charge is 0.451 e. The van der Waals surface area contributed by atoms with E-state index in [1.165, 1.54) is 0 Å². The van der Waals surface area contributed by atoms with Crippen molar-refractivity contribution in [2.75, 3.05) is 13.6 Å². The molecule has 2 unspecified atom stereocenters. The van der Waals surface area contributed by atoms with Crippen LogP contribution in [0.5, 0.6) is 0 Å². The maximum Gasteiger partial charge on any atom is 0.451 e. The van der Waals surface area contributed by atoms with Crippen molar-refractivity contribution in [1.29, 1.82) is 0 Å². The van der Waals surface area contributed by atoms with Crippen LogP contribution in [0.4, 0.5) is 0 Å². The Balaban J connectivity index is 2.55. The van der Waals surface area contributed by atoms with Gasteiger partial charge in [0.2, 0.25) is 0 Å². The fourth-order valence-electron chi connectivity index (χ4n) is 3.07. The average Bonchev–Trinajstić information content (AvgIpc) is 2.36. The van der Waals surface area contributed by atoms with Crippen molar-refractivity contribution >= 4 is 13.1 Å². The van der Waals surface area contributed by atoms with E-state index in [4.69, 9.17) is 10.0 Å². The molecule has 0 aromatic heterocycles. The lowest BCUT2D eigenvalue weighted by Gasteiger charge is -2.37. The molecule has 0 spiro atoms. The number of carbonyl (C=O) groups is 1. The first-order valence-corrected chi connectivity index (χ1v) is 7.60. The molecule has 0 aromatic rings. The third-order valence-corrected chi connectivity index (χ3v) is 4.66. The number of nitrogens with zero attached hydrogens (tertiary/aromatic N) is 1. The second kappa shape index (κ2) is 8.00. The van der Waals surface area contributed by atoms with Crippen LogP contribution in [-0.2, 0) is 4.79 Å². The number of carboxylic acids is 1. The van der Waals surface area contributed by atoms with E-state index in [1.807, 2.05) is 7.05 Å². The summed E-state index contributed by atoms with van der Waals surface area (Å²) in [7, 11) is 0.765. The molecular formula is C14H28BNO4. The van der Waals surface area contributed by atoms with Gasteiger partial charge in [-0.15, -0.1) is 0 Å². The van der Waals surface area contributed by atoms with E-state index in [0.717, 1.165) is 19.4 Å². The lowest BCUT2D eigenvalue weighted by Crippen LogP contribution is -2.40. The van der Waals surface area contributed by atoms with Crippen molar-refractivity contribution in [1.82, 2.24) is 4.90 Å². The summed E-state index contributed by atoms with van der Waals surface area (Å²) in [5, 5.41) is 27.3. The summed E-state index contributed by atoms with van der Waals surface area (Å²) in [6, 6.07) is 0.423. The summed E-state index contributed by atoms with van der Waals surface area (Å²) < 4.78 is 0. The minimum absolute atomic E-state index is 0.204. The van der Waals surface area contributed by atoms with Gasteiger partial charge in [0.25, 0.3) is 0 Å². The van der Waals surface area contributed by atoms with E-state index in [-0.39, 0.29) is 11.8 Å². The Morgan fingerprint density at radius 2 is 2.00 bits per heavy atom. The maximum absolute atomic E-state index is 11.5. The molecule has 1 aliphatic carbocycles. The summed E-state index contributed by atoms with van der Waals surface area (Å²) in [6.45, 7) is 5.05. The molecule has 1 aliphatic rings. The Morgan fingerprint density at radius 3 is 2.50 bits per heavy atom. The predicted molar refractivity (Wildman–Crippen MR) is 79.3 cm³/mol. The number of carboxylic acid groups (broad SMARTS) is 1. The quantitative estimate of drug-likeness (QED) is 0.614. The molecule has 6 heteroatoms. The fraction of sp³-hybridized carbons (Fsp3) is 0.929. The molecule has 116 valence electrons. The van der Waals surface area contributed by atoms with Crippen LogP contribution in [-0.4, -0.2) is 52.8 Å². The molecule has 0 heterocycles. The summed E-state index contributed by atoms with van der Waals surface area (Å²) in [5.41, 5.74) is 0. The lowest BCUT2D eigenvalue weighted by molar-refractivity contribution is -0.146. The van der Waals surface area contributed by atoms with Crippen LogP contribution in [0.3, 0.4) is 0 Å².